The molecule has 0 radical (unpaired) electrons. The van der Waals surface area contributed by atoms with Crippen LogP contribution in [0.15, 0.2) is 34.1 Å². The van der Waals surface area contributed by atoms with Crippen LogP contribution in [0.2, 0.25) is 0 Å². The summed E-state index contributed by atoms with van der Waals surface area (Å²) in [5.74, 6) is 0. The number of aromatic nitrogens is 1. The predicted molar refractivity (Wildman–Crippen MR) is 81.0 cm³/mol. The second-order valence-electron chi connectivity index (χ2n) is 5.35. The molecule has 4 heteroatoms. The quantitative estimate of drug-likeness (QED) is 0.896. The van der Waals surface area contributed by atoms with Crippen molar-refractivity contribution in [1.82, 2.24) is 4.98 Å². The molecule has 0 aliphatic carbocycles. The first-order chi connectivity index (χ1) is 8.38. The second kappa shape index (κ2) is 5.11. The normalized spacial score (nSPS) is 13.6. The molecular weight excluding hydrogens is 308 g/mol. The van der Waals surface area contributed by atoms with Gasteiger partial charge in [-0.2, -0.15) is 0 Å². The molecule has 1 atom stereocenters. The Morgan fingerprint density at radius 1 is 1.33 bits per heavy atom. The third-order valence-corrected chi connectivity index (χ3v) is 4.19. The van der Waals surface area contributed by atoms with Crippen molar-refractivity contribution in [2.24, 2.45) is 5.73 Å². The van der Waals surface area contributed by atoms with Gasteiger partial charge in [-0.05, 0) is 17.7 Å². The standard InChI is InChI=1S/C14H17BrN2S/c1-14(2,3)11-8-18-13(17-11)12(16)9-5-4-6-10(15)7-9/h4-8,12H,16H2,1-3H3. The van der Waals surface area contributed by atoms with Gasteiger partial charge in [0.15, 0.2) is 0 Å². The molecule has 2 aromatic rings. The number of thiazole rings is 1. The van der Waals surface area contributed by atoms with Gasteiger partial charge < -0.3 is 5.73 Å². The summed E-state index contributed by atoms with van der Waals surface area (Å²) in [6.45, 7) is 6.49. The second-order valence-corrected chi connectivity index (χ2v) is 7.16. The maximum Gasteiger partial charge on any atom is 0.114 e. The zero-order valence-corrected chi connectivity index (χ0v) is 13.2. The van der Waals surface area contributed by atoms with E-state index in [4.69, 9.17) is 5.73 Å². The van der Waals surface area contributed by atoms with Gasteiger partial charge in [-0.3, -0.25) is 0 Å². The highest BCUT2D eigenvalue weighted by molar-refractivity contribution is 9.10. The van der Waals surface area contributed by atoms with Crippen molar-refractivity contribution >= 4 is 27.3 Å². The van der Waals surface area contributed by atoms with Gasteiger partial charge in [0, 0.05) is 15.3 Å². The Morgan fingerprint density at radius 2 is 2.06 bits per heavy atom. The molecular formula is C14H17BrN2S. The van der Waals surface area contributed by atoms with E-state index in [2.05, 4.69) is 47.1 Å². The van der Waals surface area contributed by atoms with Crippen molar-refractivity contribution in [3.8, 4) is 0 Å². The molecule has 2 rings (SSSR count). The van der Waals surface area contributed by atoms with Gasteiger partial charge in [-0.1, -0.05) is 48.8 Å². The molecule has 0 amide bonds. The number of halogens is 1. The molecule has 0 bridgehead atoms. The number of hydrogen-bond donors (Lipinski definition) is 1. The fourth-order valence-electron chi connectivity index (χ4n) is 1.62. The SMILES string of the molecule is CC(C)(C)c1csc(C(N)c2cccc(Br)c2)n1. The number of rotatable bonds is 2. The molecule has 1 unspecified atom stereocenters. The molecule has 0 aliphatic rings. The van der Waals surface area contributed by atoms with Crippen molar-refractivity contribution in [3.63, 3.8) is 0 Å². The number of benzene rings is 1. The van der Waals surface area contributed by atoms with E-state index in [0.717, 1.165) is 20.7 Å². The van der Waals surface area contributed by atoms with Crippen LogP contribution in [0.1, 0.15) is 43.1 Å². The summed E-state index contributed by atoms with van der Waals surface area (Å²) in [4.78, 5) is 4.67. The van der Waals surface area contributed by atoms with Crippen LogP contribution >= 0.6 is 27.3 Å². The first kappa shape index (κ1) is 13.7. The van der Waals surface area contributed by atoms with Gasteiger partial charge in [0.05, 0.1) is 11.7 Å². The van der Waals surface area contributed by atoms with Crippen molar-refractivity contribution in [3.05, 3.63) is 50.4 Å². The van der Waals surface area contributed by atoms with Crippen LogP contribution in [0.5, 0.6) is 0 Å². The molecule has 1 aromatic carbocycles. The fraction of sp³-hybridized carbons (Fsp3) is 0.357. The van der Waals surface area contributed by atoms with Crippen LogP contribution in [-0.4, -0.2) is 4.98 Å². The molecule has 2 N–H and O–H groups in total. The highest BCUT2D eigenvalue weighted by Gasteiger charge is 2.20. The van der Waals surface area contributed by atoms with Crippen molar-refractivity contribution in [1.29, 1.82) is 0 Å². The molecule has 2 nitrogen and oxygen atoms in total. The van der Waals surface area contributed by atoms with Gasteiger partial charge in [-0.25, -0.2) is 4.98 Å². The van der Waals surface area contributed by atoms with Crippen LogP contribution in [0.3, 0.4) is 0 Å². The highest BCUT2D eigenvalue weighted by Crippen LogP contribution is 2.29. The summed E-state index contributed by atoms with van der Waals surface area (Å²) in [6, 6.07) is 7.93. The monoisotopic (exact) mass is 324 g/mol. The summed E-state index contributed by atoms with van der Waals surface area (Å²) in [7, 11) is 0. The lowest BCUT2D eigenvalue weighted by molar-refractivity contribution is 0.569. The molecule has 96 valence electrons. The number of nitrogens with two attached hydrogens (primary N) is 1. The minimum atomic E-state index is -0.149. The Hall–Kier alpha value is -0.710. The first-order valence-electron chi connectivity index (χ1n) is 5.85. The van der Waals surface area contributed by atoms with E-state index in [-0.39, 0.29) is 11.5 Å². The summed E-state index contributed by atoms with van der Waals surface area (Å²) in [5, 5.41) is 3.07. The lowest BCUT2D eigenvalue weighted by atomic mass is 9.93. The van der Waals surface area contributed by atoms with Crippen molar-refractivity contribution in [2.45, 2.75) is 32.2 Å². The fourth-order valence-corrected chi connectivity index (χ4v) is 3.11. The summed E-state index contributed by atoms with van der Waals surface area (Å²) >= 11 is 5.10. The molecule has 1 heterocycles. The summed E-state index contributed by atoms with van der Waals surface area (Å²) in [5.41, 5.74) is 8.53. The largest absolute Gasteiger partial charge is 0.318 e. The minimum absolute atomic E-state index is 0.0751. The molecule has 0 saturated heterocycles. The van der Waals surface area contributed by atoms with Crippen LogP contribution in [0.25, 0.3) is 0 Å². The van der Waals surface area contributed by atoms with Crippen LogP contribution in [-0.2, 0) is 5.41 Å². The van der Waals surface area contributed by atoms with Gasteiger partial charge in [0.25, 0.3) is 0 Å². The van der Waals surface area contributed by atoms with Gasteiger partial charge >= 0.3 is 0 Å². The number of nitrogens with zero attached hydrogens (tertiary/aromatic N) is 1. The minimum Gasteiger partial charge on any atom is -0.318 e. The average Bonchev–Trinajstić information content (AvgIpc) is 2.77. The zero-order valence-electron chi connectivity index (χ0n) is 10.8. The zero-order chi connectivity index (χ0) is 13.3. The third-order valence-electron chi connectivity index (χ3n) is 2.76. The maximum absolute atomic E-state index is 6.27. The van der Waals surface area contributed by atoms with Crippen molar-refractivity contribution < 1.29 is 0 Å². The Balaban J connectivity index is 2.29. The average molecular weight is 325 g/mol. The van der Waals surface area contributed by atoms with E-state index in [9.17, 15) is 0 Å². The lowest BCUT2D eigenvalue weighted by Gasteiger charge is -2.15. The van der Waals surface area contributed by atoms with Crippen LogP contribution in [0, 0.1) is 0 Å². The molecule has 0 saturated carbocycles. The molecule has 18 heavy (non-hydrogen) atoms. The molecule has 0 spiro atoms. The Labute approximate surface area is 120 Å². The Bertz CT molecular complexity index is 543. The topological polar surface area (TPSA) is 38.9 Å². The van der Waals surface area contributed by atoms with E-state index < -0.39 is 0 Å². The van der Waals surface area contributed by atoms with Crippen LogP contribution < -0.4 is 5.73 Å². The van der Waals surface area contributed by atoms with E-state index in [1.807, 2.05) is 24.3 Å². The maximum atomic E-state index is 6.27. The van der Waals surface area contributed by atoms with Gasteiger partial charge in [-0.15, -0.1) is 11.3 Å². The Morgan fingerprint density at radius 3 is 2.61 bits per heavy atom. The molecule has 0 fully saturated rings. The molecule has 1 aromatic heterocycles. The van der Waals surface area contributed by atoms with Crippen molar-refractivity contribution in [2.75, 3.05) is 0 Å². The predicted octanol–water partition coefficient (Wildman–Crippen LogP) is 4.25. The van der Waals surface area contributed by atoms with E-state index >= 15 is 0 Å². The molecule has 0 aliphatic heterocycles. The summed E-state index contributed by atoms with van der Waals surface area (Å²) < 4.78 is 1.04. The third kappa shape index (κ3) is 2.99. The van der Waals surface area contributed by atoms with Gasteiger partial charge in [0.1, 0.15) is 5.01 Å². The van der Waals surface area contributed by atoms with Crippen LogP contribution in [0.4, 0.5) is 0 Å². The van der Waals surface area contributed by atoms with Gasteiger partial charge in [0.2, 0.25) is 0 Å². The van der Waals surface area contributed by atoms with E-state index in [1.165, 1.54) is 0 Å². The van der Waals surface area contributed by atoms with E-state index in [1.54, 1.807) is 11.3 Å². The highest BCUT2D eigenvalue weighted by atomic mass is 79.9. The number of hydrogen-bond acceptors (Lipinski definition) is 3. The Kier molecular flexibility index (Phi) is 3.90. The smallest absolute Gasteiger partial charge is 0.114 e. The summed E-state index contributed by atoms with van der Waals surface area (Å²) in [6.07, 6.45) is 0. The first-order valence-corrected chi connectivity index (χ1v) is 7.52. The van der Waals surface area contributed by atoms with E-state index in [0.29, 0.717) is 0 Å². The lowest BCUT2D eigenvalue weighted by Crippen LogP contribution is -2.15.